The molecule has 4 rings (SSSR count). The molecule has 162 valence electrons. The van der Waals surface area contributed by atoms with Crippen molar-refractivity contribution >= 4 is 17.4 Å². The van der Waals surface area contributed by atoms with Crippen molar-refractivity contribution in [3.8, 4) is 11.5 Å². The molecule has 0 aromatic heterocycles. The molecule has 2 aliphatic rings. The van der Waals surface area contributed by atoms with Gasteiger partial charge in [0.05, 0.1) is 25.3 Å². The number of aliphatic hydroxyl groups excluding tert-OH is 1. The molecular weight excluding hydrogens is 394 g/mol. The van der Waals surface area contributed by atoms with Crippen LogP contribution in [0.4, 0.5) is 0 Å². The van der Waals surface area contributed by atoms with Crippen LogP contribution in [0.15, 0.2) is 54.1 Å². The smallest absolute Gasteiger partial charge is 0.295 e. The summed E-state index contributed by atoms with van der Waals surface area (Å²) in [7, 11) is 1.58. The molecule has 2 fully saturated rings. The number of hydrogen-bond acceptors (Lipinski definition) is 5. The van der Waals surface area contributed by atoms with Crippen molar-refractivity contribution in [2.75, 3.05) is 13.7 Å². The fraction of sp³-hybridized carbons (Fsp3) is 0.360. The fourth-order valence-electron chi connectivity index (χ4n) is 4.60. The third kappa shape index (κ3) is 3.90. The van der Waals surface area contributed by atoms with E-state index < -0.39 is 17.7 Å². The molecule has 1 amide bonds. The van der Waals surface area contributed by atoms with Gasteiger partial charge in [0.15, 0.2) is 0 Å². The van der Waals surface area contributed by atoms with Gasteiger partial charge in [-0.05, 0) is 49.6 Å². The van der Waals surface area contributed by atoms with E-state index in [4.69, 9.17) is 9.47 Å². The third-order valence-electron chi connectivity index (χ3n) is 6.03. The van der Waals surface area contributed by atoms with Crippen LogP contribution in [0.3, 0.4) is 0 Å². The van der Waals surface area contributed by atoms with Crippen LogP contribution >= 0.6 is 0 Å². The largest absolute Gasteiger partial charge is 0.507 e. The number of aliphatic hydroxyl groups is 1. The Morgan fingerprint density at radius 3 is 2.48 bits per heavy atom. The zero-order chi connectivity index (χ0) is 22.0. The molecule has 6 nitrogen and oxygen atoms in total. The minimum atomic E-state index is -0.658. The number of ketones is 1. The van der Waals surface area contributed by atoms with E-state index in [1.807, 2.05) is 31.2 Å². The first kappa shape index (κ1) is 21.0. The maximum absolute atomic E-state index is 13.2. The summed E-state index contributed by atoms with van der Waals surface area (Å²) in [5.41, 5.74) is 1.30. The molecule has 1 atom stereocenters. The Bertz CT molecular complexity index is 1020. The number of carbonyl (C=O) groups is 2. The number of rotatable bonds is 6. The van der Waals surface area contributed by atoms with Crippen LogP contribution in [0, 0.1) is 0 Å². The Kier molecular flexibility index (Phi) is 5.98. The van der Waals surface area contributed by atoms with Crippen molar-refractivity contribution in [3.63, 3.8) is 0 Å². The van der Waals surface area contributed by atoms with E-state index in [0.717, 1.165) is 31.2 Å². The zero-order valence-corrected chi connectivity index (χ0v) is 17.8. The molecule has 0 radical (unpaired) electrons. The Morgan fingerprint density at radius 2 is 1.77 bits per heavy atom. The minimum Gasteiger partial charge on any atom is -0.507 e. The average molecular weight is 421 g/mol. The molecule has 1 aliphatic heterocycles. The second-order valence-electron chi connectivity index (χ2n) is 7.88. The summed E-state index contributed by atoms with van der Waals surface area (Å²) in [5, 5.41) is 11.2. The van der Waals surface area contributed by atoms with Gasteiger partial charge in [-0.25, -0.2) is 0 Å². The fourth-order valence-corrected chi connectivity index (χ4v) is 4.60. The quantitative estimate of drug-likeness (QED) is 0.423. The standard InChI is InChI=1S/C25H27NO5/c1-3-31-20-13-7-9-17(15-20)23(27)21-22(16-8-6-12-19(14-16)30-2)26(25(29)24(21)28)18-10-4-5-11-18/h6-9,12-15,18,22,27H,3-5,10-11H2,1-2H3/b23-21-. The number of hydrogen-bond donors (Lipinski definition) is 1. The average Bonchev–Trinajstić information content (AvgIpc) is 3.40. The van der Waals surface area contributed by atoms with Crippen LogP contribution in [0.25, 0.3) is 5.76 Å². The summed E-state index contributed by atoms with van der Waals surface area (Å²) in [6, 6.07) is 13.6. The molecule has 1 saturated heterocycles. The number of amides is 1. The van der Waals surface area contributed by atoms with Crippen LogP contribution in [0.1, 0.15) is 49.8 Å². The van der Waals surface area contributed by atoms with Crippen molar-refractivity contribution in [1.82, 2.24) is 4.90 Å². The lowest BCUT2D eigenvalue weighted by Crippen LogP contribution is -2.37. The number of carbonyl (C=O) groups excluding carboxylic acids is 2. The van der Waals surface area contributed by atoms with Gasteiger partial charge in [0.2, 0.25) is 0 Å². The van der Waals surface area contributed by atoms with Gasteiger partial charge in [-0.15, -0.1) is 0 Å². The minimum absolute atomic E-state index is 0.0206. The van der Waals surface area contributed by atoms with Crippen LogP contribution in [-0.4, -0.2) is 41.5 Å². The number of nitrogens with zero attached hydrogens (tertiary/aromatic N) is 1. The Labute approximate surface area is 182 Å². The highest BCUT2D eigenvalue weighted by atomic mass is 16.5. The summed E-state index contributed by atoms with van der Waals surface area (Å²) < 4.78 is 10.9. The first-order chi connectivity index (χ1) is 15.0. The van der Waals surface area contributed by atoms with Crippen molar-refractivity contribution < 1.29 is 24.2 Å². The van der Waals surface area contributed by atoms with E-state index >= 15 is 0 Å². The maximum Gasteiger partial charge on any atom is 0.295 e. The highest BCUT2D eigenvalue weighted by molar-refractivity contribution is 6.46. The number of ether oxygens (including phenoxy) is 2. The van der Waals surface area contributed by atoms with E-state index in [9.17, 15) is 14.7 Å². The highest BCUT2D eigenvalue weighted by Gasteiger charge is 2.49. The molecule has 1 aliphatic carbocycles. The molecule has 0 spiro atoms. The van der Waals surface area contributed by atoms with Gasteiger partial charge in [0.25, 0.3) is 11.7 Å². The molecule has 1 heterocycles. The predicted molar refractivity (Wildman–Crippen MR) is 117 cm³/mol. The van der Waals surface area contributed by atoms with Gasteiger partial charge in [0.1, 0.15) is 17.3 Å². The number of likely N-dealkylation sites (tertiary alicyclic amines) is 1. The Balaban J connectivity index is 1.87. The normalized spacial score (nSPS) is 21.0. The Morgan fingerprint density at radius 1 is 1.06 bits per heavy atom. The topological polar surface area (TPSA) is 76.1 Å². The van der Waals surface area contributed by atoms with Crippen LogP contribution < -0.4 is 9.47 Å². The molecule has 0 bridgehead atoms. The van der Waals surface area contributed by atoms with Crippen LogP contribution in [0.2, 0.25) is 0 Å². The van der Waals surface area contributed by atoms with Crippen molar-refractivity contribution in [2.45, 2.75) is 44.7 Å². The van der Waals surface area contributed by atoms with Gasteiger partial charge in [-0.1, -0.05) is 37.1 Å². The summed E-state index contributed by atoms with van der Waals surface area (Å²) in [6.07, 6.45) is 3.75. The van der Waals surface area contributed by atoms with Gasteiger partial charge in [0, 0.05) is 11.6 Å². The zero-order valence-electron chi connectivity index (χ0n) is 17.8. The number of methoxy groups -OCH3 is 1. The summed E-state index contributed by atoms with van der Waals surface area (Å²) in [5.74, 6) is -0.170. The monoisotopic (exact) mass is 421 g/mol. The van der Waals surface area contributed by atoms with Gasteiger partial charge in [-0.2, -0.15) is 0 Å². The molecule has 31 heavy (non-hydrogen) atoms. The second kappa shape index (κ2) is 8.84. The van der Waals surface area contributed by atoms with Crippen LogP contribution in [0.5, 0.6) is 11.5 Å². The number of benzene rings is 2. The van der Waals surface area contributed by atoms with Crippen LogP contribution in [-0.2, 0) is 9.59 Å². The van der Waals surface area contributed by atoms with E-state index in [0.29, 0.717) is 23.7 Å². The van der Waals surface area contributed by atoms with E-state index in [1.165, 1.54) is 0 Å². The molecule has 1 N–H and O–H groups in total. The second-order valence-corrected chi connectivity index (χ2v) is 7.88. The predicted octanol–water partition coefficient (Wildman–Crippen LogP) is 4.46. The molecular formula is C25H27NO5. The Hall–Kier alpha value is -3.28. The number of Topliss-reactive ketones (excluding diaryl/α,β-unsaturated/α-hetero) is 1. The van der Waals surface area contributed by atoms with Gasteiger partial charge >= 0.3 is 0 Å². The lowest BCUT2D eigenvalue weighted by atomic mass is 9.94. The first-order valence-electron chi connectivity index (χ1n) is 10.7. The van der Waals surface area contributed by atoms with Crippen molar-refractivity contribution in [3.05, 3.63) is 65.2 Å². The summed E-state index contributed by atoms with van der Waals surface area (Å²) >= 11 is 0. The van der Waals surface area contributed by atoms with E-state index in [1.54, 1.807) is 36.3 Å². The first-order valence-corrected chi connectivity index (χ1v) is 10.7. The molecule has 2 aromatic rings. The lowest BCUT2D eigenvalue weighted by Gasteiger charge is -2.31. The summed E-state index contributed by atoms with van der Waals surface area (Å²) in [6.45, 7) is 2.36. The van der Waals surface area contributed by atoms with E-state index in [2.05, 4.69) is 0 Å². The van der Waals surface area contributed by atoms with E-state index in [-0.39, 0.29) is 17.4 Å². The van der Waals surface area contributed by atoms with Crippen molar-refractivity contribution in [1.29, 1.82) is 0 Å². The molecule has 1 saturated carbocycles. The van der Waals surface area contributed by atoms with Gasteiger partial charge < -0.3 is 19.5 Å². The SMILES string of the molecule is CCOc1cccc(/C(O)=C2/C(=O)C(=O)N(C3CCCC3)C2c2cccc(OC)c2)c1. The third-order valence-corrected chi connectivity index (χ3v) is 6.03. The van der Waals surface area contributed by atoms with Crippen molar-refractivity contribution in [2.24, 2.45) is 0 Å². The molecule has 6 heteroatoms. The summed E-state index contributed by atoms with van der Waals surface area (Å²) in [4.78, 5) is 28.0. The van der Waals surface area contributed by atoms with Gasteiger partial charge in [-0.3, -0.25) is 9.59 Å². The molecule has 1 unspecified atom stereocenters. The lowest BCUT2D eigenvalue weighted by molar-refractivity contribution is -0.141. The maximum atomic E-state index is 13.2. The molecule has 2 aromatic carbocycles. The highest BCUT2D eigenvalue weighted by Crippen LogP contribution is 2.44.